The van der Waals surface area contributed by atoms with E-state index in [4.69, 9.17) is 11.1 Å². The lowest BCUT2D eigenvalue weighted by Crippen LogP contribution is -2.00. The van der Waals surface area contributed by atoms with Crippen molar-refractivity contribution in [1.82, 2.24) is 0 Å². The van der Waals surface area contributed by atoms with E-state index in [1.54, 1.807) is 0 Å². The minimum Gasteiger partial charge on any atom is -0.361 e. The van der Waals surface area contributed by atoms with Crippen molar-refractivity contribution < 1.29 is 19.2 Å². The van der Waals surface area contributed by atoms with Gasteiger partial charge in [0.25, 0.3) is 0 Å². The van der Waals surface area contributed by atoms with E-state index < -0.39 is 0 Å². The number of carbonyl (C=O) groups is 2. The fourth-order valence-electron chi connectivity index (χ4n) is 2.39. The summed E-state index contributed by atoms with van der Waals surface area (Å²) in [5.74, 6) is -0.312. The van der Waals surface area contributed by atoms with Crippen LogP contribution in [-0.2, 0) is 22.4 Å². The van der Waals surface area contributed by atoms with Crippen molar-refractivity contribution >= 4 is 24.0 Å². The molecule has 0 bridgehead atoms. The Kier molecular flexibility index (Phi) is 9.55. The van der Waals surface area contributed by atoms with E-state index >= 15 is 0 Å². The van der Waals surface area contributed by atoms with Gasteiger partial charge in [-0.1, -0.05) is 24.3 Å². The van der Waals surface area contributed by atoms with Crippen molar-refractivity contribution in [3.8, 4) is 0 Å². The summed E-state index contributed by atoms with van der Waals surface area (Å²) < 4.78 is 0. The highest BCUT2D eigenvalue weighted by atomic mass is 16.1. The maximum atomic E-state index is 11.2. The van der Waals surface area contributed by atoms with Crippen LogP contribution in [0.2, 0.25) is 0 Å². The normalized spacial score (nSPS) is 9.67. The number of benzene rings is 1. The molecule has 0 fully saturated rings. The first-order valence-electron chi connectivity index (χ1n) is 8.14. The second-order valence-corrected chi connectivity index (χ2v) is 5.65. The van der Waals surface area contributed by atoms with E-state index in [2.05, 4.69) is 33.8 Å². The summed E-state index contributed by atoms with van der Waals surface area (Å²) in [6, 6.07) is 8.37. The number of hydrogen-bond acceptors (Lipinski definition) is 2. The zero-order valence-electron chi connectivity index (χ0n) is 13.7. The molecule has 0 radical (unpaired) electrons. The van der Waals surface area contributed by atoms with Gasteiger partial charge in [0.1, 0.15) is 0 Å². The summed E-state index contributed by atoms with van der Waals surface area (Å²) in [5, 5.41) is 0. The topological polar surface area (TPSA) is 107 Å². The van der Waals surface area contributed by atoms with E-state index in [1.165, 1.54) is 11.1 Å². The maximum Gasteiger partial charge on any atom is 0.323 e. The Balaban J connectivity index is 2.23. The highest BCUT2D eigenvalue weighted by Gasteiger charge is 2.04. The van der Waals surface area contributed by atoms with E-state index in [0.717, 1.165) is 51.0 Å². The van der Waals surface area contributed by atoms with Crippen LogP contribution in [0.1, 0.15) is 49.7 Å². The zero-order chi connectivity index (χ0) is 17.6. The van der Waals surface area contributed by atoms with Crippen LogP contribution in [0.15, 0.2) is 24.3 Å². The van der Waals surface area contributed by atoms with Gasteiger partial charge in [-0.15, -0.1) is 0 Å². The Morgan fingerprint density at radius 3 is 1.46 bits per heavy atom. The number of hydrogen-bond donors (Lipinski definition) is 0. The van der Waals surface area contributed by atoms with Gasteiger partial charge >= 0.3 is 12.4 Å². The Labute approximate surface area is 141 Å². The van der Waals surface area contributed by atoms with Crippen LogP contribution in [0.3, 0.4) is 0 Å². The van der Waals surface area contributed by atoms with Crippen molar-refractivity contribution in [3.63, 3.8) is 0 Å². The van der Waals surface area contributed by atoms with E-state index in [-0.39, 0.29) is 11.6 Å². The molecular formula is C18H22N4O2. The highest BCUT2D eigenvalue weighted by molar-refractivity contribution is 6.25. The van der Waals surface area contributed by atoms with Gasteiger partial charge < -0.3 is 11.1 Å². The van der Waals surface area contributed by atoms with E-state index in [1.807, 2.05) is 0 Å². The predicted octanol–water partition coefficient (Wildman–Crippen LogP) is 2.85. The third-order valence-corrected chi connectivity index (χ3v) is 3.70. The summed E-state index contributed by atoms with van der Waals surface area (Å²) in [6.45, 7) is 0. The molecule has 0 atom stereocenters. The Hall–Kier alpha value is -2.68. The molecule has 1 rings (SSSR count). The standard InChI is InChI=1S/C18H22N4O2/c19-21-13-17(23)7-3-1-5-15-9-11-16(12-10-15)6-2-4-8-18(24)14-22-20/h9-14H,1-8H2. The van der Waals surface area contributed by atoms with E-state index in [0.29, 0.717) is 12.8 Å². The van der Waals surface area contributed by atoms with Crippen molar-refractivity contribution in [2.24, 2.45) is 0 Å². The molecule has 0 aliphatic heterocycles. The number of ketones is 2. The SMILES string of the molecule is [N-]=[N+]=CC(=O)CCCCc1ccc(CCCCC(=O)C=[N+]=[N-])cc1. The summed E-state index contributed by atoms with van der Waals surface area (Å²) in [7, 11) is 0. The van der Waals surface area contributed by atoms with Gasteiger partial charge in [0.2, 0.25) is 11.6 Å². The van der Waals surface area contributed by atoms with Crippen molar-refractivity contribution in [1.29, 1.82) is 0 Å². The molecule has 0 aromatic heterocycles. The molecule has 0 spiro atoms. The monoisotopic (exact) mass is 326 g/mol. The van der Waals surface area contributed by atoms with Crippen LogP contribution in [0.5, 0.6) is 0 Å². The molecular weight excluding hydrogens is 304 g/mol. The van der Waals surface area contributed by atoms with Gasteiger partial charge in [-0.25, -0.2) is 0 Å². The molecule has 0 aliphatic rings. The van der Waals surface area contributed by atoms with Crippen molar-refractivity contribution in [3.05, 3.63) is 46.5 Å². The van der Waals surface area contributed by atoms with E-state index in [9.17, 15) is 9.59 Å². The largest absolute Gasteiger partial charge is 0.361 e. The molecule has 0 heterocycles. The molecule has 6 heteroatoms. The molecule has 1 aromatic rings. The van der Waals surface area contributed by atoms with Crippen LogP contribution in [0.4, 0.5) is 0 Å². The average molecular weight is 326 g/mol. The second-order valence-electron chi connectivity index (χ2n) is 5.65. The lowest BCUT2D eigenvalue weighted by molar-refractivity contribution is -0.116. The maximum absolute atomic E-state index is 11.2. The average Bonchev–Trinajstić information content (AvgIpc) is 2.57. The Bertz CT molecular complexity index is 582. The molecule has 126 valence electrons. The van der Waals surface area contributed by atoms with Gasteiger partial charge in [-0.2, -0.15) is 9.58 Å². The molecule has 0 saturated heterocycles. The third kappa shape index (κ3) is 8.69. The number of rotatable bonds is 12. The van der Waals surface area contributed by atoms with Crippen LogP contribution >= 0.6 is 0 Å². The van der Waals surface area contributed by atoms with Crippen LogP contribution in [-0.4, -0.2) is 33.6 Å². The van der Waals surface area contributed by atoms with Gasteiger partial charge in [0.05, 0.1) is 0 Å². The Morgan fingerprint density at radius 1 is 0.750 bits per heavy atom. The van der Waals surface area contributed by atoms with Crippen LogP contribution in [0.25, 0.3) is 11.1 Å². The second kappa shape index (κ2) is 11.8. The lowest BCUT2D eigenvalue weighted by atomic mass is 10.0. The van der Waals surface area contributed by atoms with Gasteiger partial charge in [-0.05, 0) is 49.7 Å². The minimum absolute atomic E-state index is 0.156. The number of carbonyl (C=O) groups excluding carboxylic acids is 2. The summed E-state index contributed by atoms with van der Waals surface area (Å²) >= 11 is 0. The molecule has 0 saturated carbocycles. The molecule has 24 heavy (non-hydrogen) atoms. The summed E-state index contributed by atoms with van der Waals surface area (Å²) in [6.07, 6.45) is 7.91. The number of nitrogens with zero attached hydrogens (tertiary/aromatic N) is 4. The number of aryl methyl sites for hydroxylation is 2. The minimum atomic E-state index is -0.156. The summed E-state index contributed by atoms with van der Waals surface area (Å²) in [4.78, 5) is 27.7. The first-order valence-corrected chi connectivity index (χ1v) is 8.14. The first kappa shape index (κ1) is 19.4. The van der Waals surface area contributed by atoms with Crippen LogP contribution < -0.4 is 0 Å². The lowest BCUT2D eigenvalue weighted by Gasteiger charge is -2.04. The molecule has 6 nitrogen and oxygen atoms in total. The van der Waals surface area contributed by atoms with Crippen LogP contribution in [0, 0.1) is 0 Å². The molecule has 0 N–H and O–H groups in total. The molecule has 0 aliphatic carbocycles. The fraction of sp³-hybridized carbons (Fsp3) is 0.444. The van der Waals surface area contributed by atoms with Gasteiger partial charge in [0, 0.05) is 12.8 Å². The first-order chi connectivity index (χ1) is 11.7. The third-order valence-electron chi connectivity index (χ3n) is 3.70. The number of Topliss-reactive ketones (excluding diaryl/α,β-unsaturated/α-hetero) is 2. The highest BCUT2D eigenvalue weighted by Crippen LogP contribution is 2.11. The predicted molar refractivity (Wildman–Crippen MR) is 90.9 cm³/mol. The fourth-order valence-corrected chi connectivity index (χ4v) is 2.39. The molecule has 1 aromatic carbocycles. The van der Waals surface area contributed by atoms with Crippen molar-refractivity contribution in [2.75, 3.05) is 0 Å². The van der Waals surface area contributed by atoms with Gasteiger partial charge in [-0.3, -0.25) is 9.59 Å². The molecule has 0 amide bonds. The van der Waals surface area contributed by atoms with Gasteiger partial charge in [0.15, 0.2) is 0 Å². The number of unbranched alkanes of at least 4 members (excludes halogenated alkanes) is 2. The smallest absolute Gasteiger partial charge is 0.323 e. The molecule has 0 unspecified atom stereocenters. The summed E-state index contributed by atoms with van der Waals surface area (Å²) in [5.41, 5.74) is 18.9. The van der Waals surface area contributed by atoms with Crippen molar-refractivity contribution in [2.45, 2.75) is 51.4 Å². The Morgan fingerprint density at radius 2 is 1.12 bits per heavy atom. The zero-order valence-corrected chi connectivity index (χ0v) is 13.7. The quantitative estimate of drug-likeness (QED) is 0.255.